The smallest absolute Gasteiger partial charge is 0.338 e. The molecule has 0 bridgehead atoms. The molecule has 1 fully saturated rings. The van der Waals surface area contributed by atoms with E-state index in [4.69, 9.17) is 11.6 Å². The van der Waals surface area contributed by atoms with Gasteiger partial charge in [0.2, 0.25) is 11.8 Å². The van der Waals surface area contributed by atoms with Crippen LogP contribution in [0.5, 0.6) is 0 Å². The van der Waals surface area contributed by atoms with Crippen molar-refractivity contribution in [2.45, 2.75) is 19.1 Å². The highest BCUT2D eigenvalue weighted by molar-refractivity contribution is 6.31. The molecule has 1 aliphatic rings. The number of halogens is 4. The van der Waals surface area contributed by atoms with Gasteiger partial charge in [-0.2, -0.15) is 13.2 Å². The van der Waals surface area contributed by atoms with Gasteiger partial charge in [0.15, 0.2) is 0 Å². The summed E-state index contributed by atoms with van der Waals surface area (Å²) in [7, 11) is 0. The predicted octanol–water partition coefficient (Wildman–Crippen LogP) is 4.35. The molecule has 2 amide bonds. The lowest BCUT2D eigenvalue weighted by Gasteiger charge is -2.17. The number of hydrogen-bond acceptors (Lipinski definition) is 2. The second-order valence-electron chi connectivity index (χ2n) is 6.34. The minimum atomic E-state index is -4.62. The molecule has 1 unspecified atom stereocenters. The highest BCUT2D eigenvalue weighted by atomic mass is 35.5. The largest absolute Gasteiger partial charge is 0.417 e. The molecule has 2 aromatic rings. The Bertz CT molecular complexity index is 856. The Labute approximate surface area is 158 Å². The summed E-state index contributed by atoms with van der Waals surface area (Å²) in [5, 5.41) is 2.01. The molecule has 0 aliphatic carbocycles. The van der Waals surface area contributed by atoms with E-state index in [0.29, 0.717) is 6.54 Å². The number of carbonyl (C=O) groups is 2. The van der Waals surface area contributed by atoms with Gasteiger partial charge in [0, 0.05) is 25.2 Å². The summed E-state index contributed by atoms with van der Waals surface area (Å²) >= 11 is 5.58. The van der Waals surface area contributed by atoms with Gasteiger partial charge in [-0.3, -0.25) is 9.59 Å². The van der Waals surface area contributed by atoms with Crippen LogP contribution in [0.1, 0.15) is 17.5 Å². The predicted molar refractivity (Wildman–Crippen MR) is 95.0 cm³/mol. The Morgan fingerprint density at radius 2 is 1.89 bits per heavy atom. The van der Waals surface area contributed by atoms with Crippen LogP contribution in [0, 0.1) is 5.92 Å². The van der Waals surface area contributed by atoms with E-state index in [1.54, 1.807) is 4.90 Å². The van der Waals surface area contributed by atoms with Crippen LogP contribution in [-0.2, 0) is 22.3 Å². The Morgan fingerprint density at radius 1 is 1.19 bits per heavy atom. The molecule has 1 saturated heterocycles. The second kappa shape index (κ2) is 7.60. The molecule has 0 aromatic heterocycles. The van der Waals surface area contributed by atoms with Crippen LogP contribution in [0.15, 0.2) is 48.5 Å². The molecule has 0 radical (unpaired) electrons. The van der Waals surface area contributed by atoms with Crippen molar-refractivity contribution in [3.63, 3.8) is 0 Å². The summed E-state index contributed by atoms with van der Waals surface area (Å²) in [6.07, 6.45) is -4.59. The third-order valence-electron chi connectivity index (χ3n) is 4.34. The van der Waals surface area contributed by atoms with Crippen molar-refractivity contribution >= 4 is 29.1 Å². The lowest BCUT2D eigenvalue weighted by atomic mass is 10.1. The quantitative estimate of drug-likeness (QED) is 0.835. The number of rotatable bonds is 4. The highest BCUT2D eigenvalue weighted by Crippen LogP contribution is 2.36. The molecule has 8 heteroatoms. The molecule has 2 aromatic carbocycles. The summed E-state index contributed by atoms with van der Waals surface area (Å²) < 4.78 is 38.8. The number of nitrogens with one attached hydrogen (secondary N) is 1. The van der Waals surface area contributed by atoms with E-state index in [0.717, 1.165) is 17.7 Å². The van der Waals surface area contributed by atoms with Gasteiger partial charge in [0.05, 0.1) is 16.5 Å². The van der Waals surface area contributed by atoms with Crippen molar-refractivity contribution in [1.29, 1.82) is 0 Å². The van der Waals surface area contributed by atoms with E-state index in [1.807, 2.05) is 30.3 Å². The Balaban J connectivity index is 1.66. The van der Waals surface area contributed by atoms with Gasteiger partial charge in [-0.1, -0.05) is 41.9 Å². The maximum Gasteiger partial charge on any atom is 0.417 e. The van der Waals surface area contributed by atoms with Crippen LogP contribution in [0.3, 0.4) is 0 Å². The minimum absolute atomic E-state index is 0.00863. The van der Waals surface area contributed by atoms with E-state index >= 15 is 0 Å². The van der Waals surface area contributed by atoms with Crippen LogP contribution < -0.4 is 5.32 Å². The lowest BCUT2D eigenvalue weighted by molar-refractivity contribution is -0.137. The SMILES string of the molecule is O=C(Nc1ccc(Cl)c(C(F)(F)F)c1)C1CC(=O)N(Cc2ccccc2)C1. The molecule has 0 spiro atoms. The molecular weight excluding hydrogens is 381 g/mol. The third-order valence-corrected chi connectivity index (χ3v) is 4.67. The number of benzene rings is 2. The van der Waals surface area contributed by atoms with Gasteiger partial charge >= 0.3 is 6.18 Å². The average molecular weight is 397 g/mol. The van der Waals surface area contributed by atoms with Crippen LogP contribution in [0.2, 0.25) is 5.02 Å². The van der Waals surface area contributed by atoms with Crippen molar-refractivity contribution < 1.29 is 22.8 Å². The molecule has 142 valence electrons. The number of alkyl halides is 3. The first-order valence-electron chi connectivity index (χ1n) is 8.23. The van der Waals surface area contributed by atoms with E-state index in [9.17, 15) is 22.8 Å². The molecule has 1 heterocycles. The van der Waals surface area contributed by atoms with Gasteiger partial charge in [-0.15, -0.1) is 0 Å². The minimum Gasteiger partial charge on any atom is -0.338 e. The van der Waals surface area contributed by atoms with E-state index in [-0.39, 0.29) is 24.6 Å². The summed E-state index contributed by atoms with van der Waals surface area (Å²) in [5.41, 5.74) is -0.0831. The van der Waals surface area contributed by atoms with Crippen molar-refractivity contribution in [3.8, 4) is 0 Å². The molecule has 1 aliphatic heterocycles. The van der Waals surface area contributed by atoms with Crippen LogP contribution in [-0.4, -0.2) is 23.3 Å². The van der Waals surface area contributed by atoms with E-state index < -0.39 is 28.6 Å². The summed E-state index contributed by atoms with van der Waals surface area (Å²) in [6, 6.07) is 12.5. The number of amides is 2. The first-order chi connectivity index (χ1) is 12.7. The fourth-order valence-corrected chi connectivity index (χ4v) is 3.19. The van der Waals surface area contributed by atoms with Gasteiger partial charge in [-0.05, 0) is 23.8 Å². The Hall–Kier alpha value is -2.54. The van der Waals surface area contributed by atoms with E-state index in [2.05, 4.69) is 5.32 Å². The van der Waals surface area contributed by atoms with Crippen LogP contribution >= 0.6 is 11.6 Å². The monoisotopic (exact) mass is 396 g/mol. The molecule has 3 rings (SSSR count). The molecular formula is C19H16ClF3N2O2. The third kappa shape index (κ3) is 4.60. The fourth-order valence-electron chi connectivity index (χ4n) is 2.97. The molecule has 27 heavy (non-hydrogen) atoms. The van der Waals surface area contributed by atoms with Crippen molar-refractivity contribution in [2.75, 3.05) is 11.9 Å². The highest BCUT2D eigenvalue weighted by Gasteiger charge is 2.36. The van der Waals surface area contributed by atoms with Gasteiger partial charge < -0.3 is 10.2 Å². The first-order valence-corrected chi connectivity index (χ1v) is 8.61. The lowest BCUT2D eigenvalue weighted by Crippen LogP contribution is -2.28. The van der Waals surface area contributed by atoms with Crippen molar-refractivity contribution in [3.05, 3.63) is 64.7 Å². The molecule has 4 nitrogen and oxygen atoms in total. The normalized spacial score (nSPS) is 17.3. The number of nitrogens with zero attached hydrogens (tertiary/aromatic N) is 1. The van der Waals surface area contributed by atoms with Crippen LogP contribution in [0.4, 0.5) is 18.9 Å². The molecule has 0 saturated carbocycles. The average Bonchev–Trinajstić information content (AvgIpc) is 2.97. The summed E-state index contributed by atoms with van der Waals surface area (Å²) in [5.74, 6) is -1.27. The zero-order chi connectivity index (χ0) is 19.6. The number of likely N-dealkylation sites (tertiary alicyclic amines) is 1. The molecule has 1 N–H and O–H groups in total. The molecule has 1 atom stereocenters. The second-order valence-corrected chi connectivity index (χ2v) is 6.75. The summed E-state index contributed by atoms with van der Waals surface area (Å²) in [4.78, 5) is 26.1. The van der Waals surface area contributed by atoms with Gasteiger partial charge in [0.1, 0.15) is 0 Å². The van der Waals surface area contributed by atoms with Crippen LogP contribution in [0.25, 0.3) is 0 Å². The van der Waals surface area contributed by atoms with Gasteiger partial charge in [0.25, 0.3) is 0 Å². The standard InChI is InChI=1S/C19H16ClF3N2O2/c20-16-7-6-14(9-15(16)19(21,22)23)24-18(27)13-8-17(26)25(11-13)10-12-4-2-1-3-5-12/h1-7,9,13H,8,10-11H2,(H,24,27). The number of carbonyl (C=O) groups excluding carboxylic acids is 2. The zero-order valence-corrected chi connectivity index (χ0v) is 14.8. The van der Waals surface area contributed by atoms with Crippen molar-refractivity contribution in [1.82, 2.24) is 4.90 Å². The van der Waals surface area contributed by atoms with Crippen molar-refractivity contribution in [2.24, 2.45) is 5.92 Å². The Morgan fingerprint density at radius 3 is 2.56 bits per heavy atom. The zero-order valence-electron chi connectivity index (χ0n) is 14.1. The van der Waals surface area contributed by atoms with E-state index in [1.165, 1.54) is 6.07 Å². The fraction of sp³-hybridized carbons (Fsp3) is 0.263. The maximum absolute atomic E-state index is 12.9. The first kappa shape index (κ1) is 19.2. The van der Waals surface area contributed by atoms with Gasteiger partial charge in [-0.25, -0.2) is 0 Å². The number of hydrogen-bond donors (Lipinski definition) is 1. The maximum atomic E-state index is 12.9. The topological polar surface area (TPSA) is 49.4 Å². The summed E-state index contributed by atoms with van der Waals surface area (Å²) in [6.45, 7) is 0.613. The Kier molecular flexibility index (Phi) is 5.41. The number of anilines is 1.